The topological polar surface area (TPSA) is 57.7 Å². The molecule has 4 rings (SSSR count). The zero-order valence-electron chi connectivity index (χ0n) is 18.5. The number of rotatable bonds is 6. The third kappa shape index (κ3) is 4.70. The van der Waals surface area contributed by atoms with Crippen molar-refractivity contribution in [2.45, 2.75) is 63.4 Å². The Morgan fingerprint density at radius 2 is 1.71 bits per heavy atom. The summed E-state index contributed by atoms with van der Waals surface area (Å²) >= 11 is 0. The molecule has 1 saturated heterocycles. The standard InChI is InChI=1S/C25H32N2O3S/c1-19(2)27(18-20-7-4-3-5-8-20)25(28)22-13-15-26(16-14-22)31(29,30)24-12-11-21-9-6-10-23(21)17-24/h3-5,7-8,11-12,17,19,22H,6,9-10,13-16,18H2,1-2H3. The van der Waals surface area contributed by atoms with Gasteiger partial charge in [0.1, 0.15) is 0 Å². The maximum absolute atomic E-state index is 13.3. The fourth-order valence-corrected chi connectivity index (χ4v) is 6.25. The molecule has 166 valence electrons. The van der Waals surface area contributed by atoms with Gasteiger partial charge in [-0.2, -0.15) is 4.31 Å². The van der Waals surface area contributed by atoms with Crippen LogP contribution in [0.2, 0.25) is 0 Å². The Labute approximate surface area is 186 Å². The molecule has 0 unspecified atom stereocenters. The summed E-state index contributed by atoms with van der Waals surface area (Å²) in [6.45, 7) is 5.45. The zero-order valence-corrected chi connectivity index (χ0v) is 19.3. The molecule has 0 spiro atoms. The smallest absolute Gasteiger partial charge is 0.243 e. The van der Waals surface area contributed by atoms with Crippen LogP contribution in [0.1, 0.15) is 49.8 Å². The van der Waals surface area contributed by atoms with E-state index in [-0.39, 0.29) is 17.9 Å². The lowest BCUT2D eigenvalue weighted by atomic mass is 9.95. The molecule has 2 aromatic rings. The summed E-state index contributed by atoms with van der Waals surface area (Å²) in [5, 5.41) is 0. The van der Waals surface area contributed by atoms with Crippen molar-refractivity contribution in [1.82, 2.24) is 9.21 Å². The highest BCUT2D eigenvalue weighted by molar-refractivity contribution is 7.89. The van der Waals surface area contributed by atoms with Gasteiger partial charge in [0.15, 0.2) is 0 Å². The van der Waals surface area contributed by atoms with Crippen molar-refractivity contribution >= 4 is 15.9 Å². The molecular formula is C25H32N2O3S. The molecular weight excluding hydrogens is 408 g/mol. The Morgan fingerprint density at radius 3 is 2.39 bits per heavy atom. The number of carbonyl (C=O) groups excluding carboxylic acids is 1. The number of sulfonamides is 1. The first kappa shape index (κ1) is 22.0. The summed E-state index contributed by atoms with van der Waals surface area (Å²) in [5.41, 5.74) is 3.55. The van der Waals surface area contributed by atoms with Gasteiger partial charge in [-0.05, 0) is 74.8 Å². The van der Waals surface area contributed by atoms with Crippen LogP contribution < -0.4 is 0 Å². The highest BCUT2D eigenvalue weighted by Crippen LogP contribution is 2.29. The van der Waals surface area contributed by atoms with Crippen molar-refractivity contribution in [3.05, 3.63) is 65.2 Å². The van der Waals surface area contributed by atoms with Gasteiger partial charge in [-0.3, -0.25) is 4.79 Å². The van der Waals surface area contributed by atoms with E-state index in [9.17, 15) is 13.2 Å². The number of piperidine rings is 1. The first-order valence-electron chi connectivity index (χ1n) is 11.3. The minimum Gasteiger partial charge on any atom is -0.336 e. The van der Waals surface area contributed by atoms with Crippen molar-refractivity contribution in [3.63, 3.8) is 0 Å². The zero-order chi connectivity index (χ0) is 22.0. The second-order valence-corrected chi connectivity index (χ2v) is 10.9. The third-order valence-electron chi connectivity index (χ3n) is 6.61. The summed E-state index contributed by atoms with van der Waals surface area (Å²) in [6, 6.07) is 15.7. The van der Waals surface area contributed by atoms with Crippen LogP contribution in [-0.2, 0) is 34.2 Å². The lowest BCUT2D eigenvalue weighted by molar-refractivity contribution is -0.139. The summed E-state index contributed by atoms with van der Waals surface area (Å²) < 4.78 is 27.9. The molecule has 0 atom stereocenters. The lowest BCUT2D eigenvalue weighted by Crippen LogP contribution is -2.46. The molecule has 2 aliphatic rings. The lowest BCUT2D eigenvalue weighted by Gasteiger charge is -2.35. The number of fused-ring (bicyclic) bond motifs is 1. The molecule has 31 heavy (non-hydrogen) atoms. The van der Waals surface area contributed by atoms with Gasteiger partial charge in [-0.25, -0.2) is 8.42 Å². The van der Waals surface area contributed by atoms with Crippen LogP contribution in [0.5, 0.6) is 0 Å². The van der Waals surface area contributed by atoms with Gasteiger partial charge in [0.05, 0.1) is 4.90 Å². The van der Waals surface area contributed by atoms with Crippen LogP contribution >= 0.6 is 0 Å². The van der Waals surface area contributed by atoms with Crippen LogP contribution in [0.25, 0.3) is 0 Å². The quantitative estimate of drug-likeness (QED) is 0.682. The fourth-order valence-electron chi connectivity index (χ4n) is 4.73. The average molecular weight is 441 g/mol. The van der Waals surface area contributed by atoms with E-state index in [4.69, 9.17) is 0 Å². The van der Waals surface area contributed by atoms with Gasteiger partial charge in [0.2, 0.25) is 15.9 Å². The van der Waals surface area contributed by atoms with Crippen LogP contribution in [0.15, 0.2) is 53.4 Å². The Balaban J connectivity index is 1.42. The second kappa shape index (κ2) is 9.13. The van der Waals surface area contributed by atoms with Crippen LogP contribution in [-0.4, -0.2) is 42.7 Å². The molecule has 1 aliphatic heterocycles. The summed E-state index contributed by atoms with van der Waals surface area (Å²) in [7, 11) is -3.51. The molecule has 0 aromatic heterocycles. The highest BCUT2D eigenvalue weighted by atomic mass is 32.2. The first-order valence-corrected chi connectivity index (χ1v) is 12.8. The highest BCUT2D eigenvalue weighted by Gasteiger charge is 2.34. The predicted octanol–water partition coefficient (Wildman–Crippen LogP) is 4.01. The van der Waals surface area contributed by atoms with Crippen molar-refractivity contribution in [1.29, 1.82) is 0 Å². The normalized spacial score (nSPS) is 17.6. The van der Waals surface area contributed by atoms with Gasteiger partial charge < -0.3 is 4.90 Å². The Hall–Kier alpha value is -2.18. The van der Waals surface area contributed by atoms with Gasteiger partial charge in [0.25, 0.3) is 0 Å². The molecule has 6 heteroatoms. The molecule has 0 radical (unpaired) electrons. The number of aryl methyl sites for hydroxylation is 2. The molecule has 0 saturated carbocycles. The van der Waals surface area contributed by atoms with Crippen LogP contribution in [0, 0.1) is 5.92 Å². The van der Waals surface area contributed by atoms with E-state index in [2.05, 4.69) is 0 Å². The van der Waals surface area contributed by atoms with Gasteiger partial charge >= 0.3 is 0 Å². The first-order chi connectivity index (χ1) is 14.9. The number of carbonyl (C=O) groups is 1. The van der Waals surface area contributed by atoms with Crippen molar-refractivity contribution in [3.8, 4) is 0 Å². The Morgan fingerprint density at radius 1 is 1.03 bits per heavy atom. The molecule has 0 N–H and O–H groups in total. The van der Waals surface area contributed by atoms with Gasteiger partial charge in [-0.1, -0.05) is 36.4 Å². The van der Waals surface area contributed by atoms with E-state index >= 15 is 0 Å². The molecule has 2 aromatic carbocycles. The molecule has 0 bridgehead atoms. The molecule has 1 fully saturated rings. The number of hydrogen-bond donors (Lipinski definition) is 0. The SMILES string of the molecule is CC(C)N(Cc1ccccc1)C(=O)C1CCN(S(=O)(=O)c2ccc3c(c2)CCC3)CC1. The summed E-state index contributed by atoms with van der Waals surface area (Å²) in [6.07, 6.45) is 4.24. The van der Waals surface area contributed by atoms with E-state index in [0.717, 1.165) is 24.8 Å². The molecule has 1 amide bonds. The number of benzene rings is 2. The predicted molar refractivity (Wildman–Crippen MR) is 122 cm³/mol. The summed E-state index contributed by atoms with van der Waals surface area (Å²) in [4.78, 5) is 15.6. The molecule has 1 aliphatic carbocycles. The van der Waals surface area contributed by atoms with E-state index < -0.39 is 10.0 Å². The Kier molecular flexibility index (Phi) is 6.49. The number of nitrogens with zero attached hydrogens (tertiary/aromatic N) is 2. The van der Waals surface area contributed by atoms with E-state index in [0.29, 0.717) is 37.4 Å². The van der Waals surface area contributed by atoms with E-state index in [1.165, 1.54) is 11.1 Å². The maximum atomic E-state index is 13.3. The molecule has 1 heterocycles. The third-order valence-corrected chi connectivity index (χ3v) is 8.51. The minimum atomic E-state index is -3.51. The average Bonchev–Trinajstić information content (AvgIpc) is 3.25. The van der Waals surface area contributed by atoms with Crippen LogP contribution in [0.4, 0.5) is 0 Å². The molecule has 5 nitrogen and oxygen atoms in total. The summed E-state index contributed by atoms with van der Waals surface area (Å²) in [5.74, 6) is 0.00557. The van der Waals surface area contributed by atoms with Crippen LogP contribution in [0.3, 0.4) is 0 Å². The Bertz CT molecular complexity index is 1030. The fraction of sp³-hybridized carbons (Fsp3) is 0.480. The maximum Gasteiger partial charge on any atom is 0.243 e. The minimum absolute atomic E-state index is 0.0980. The van der Waals surface area contributed by atoms with E-state index in [1.54, 1.807) is 10.4 Å². The largest absolute Gasteiger partial charge is 0.336 e. The van der Waals surface area contributed by atoms with Gasteiger partial charge in [0, 0.05) is 31.6 Å². The second-order valence-electron chi connectivity index (χ2n) is 9.01. The van der Waals surface area contributed by atoms with Crippen molar-refractivity contribution in [2.24, 2.45) is 5.92 Å². The van der Waals surface area contributed by atoms with Gasteiger partial charge in [-0.15, -0.1) is 0 Å². The monoisotopic (exact) mass is 440 g/mol. The van der Waals surface area contributed by atoms with Crippen molar-refractivity contribution < 1.29 is 13.2 Å². The van der Waals surface area contributed by atoms with E-state index in [1.807, 2.05) is 61.2 Å². The van der Waals surface area contributed by atoms with Crippen molar-refractivity contribution in [2.75, 3.05) is 13.1 Å². The number of hydrogen-bond acceptors (Lipinski definition) is 3. The number of amides is 1.